The number of amides is 1. The van der Waals surface area contributed by atoms with E-state index < -0.39 is 11.7 Å². The van der Waals surface area contributed by atoms with Gasteiger partial charge in [-0.1, -0.05) is 41.9 Å². The summed E-state index contributed by atoms with van der Waals surface area (Å²) in [6, 6.07) is 11.6. The number of carbonyl (C=O) groups is 1. The summed E-state index contributed by atoms with van der Waals surface area (Å²) in [6.07, 6.45) is 0. The number of methoxy groups -OCH3 is 1. The minimum Gasteiger partial charge on any atom is -0.497 e. The Morgan fingerprint density at radius 1 is 1.17 bits per heavy atom. The molecule has 1 unspecified atom stereocenters. The van der Waals surface area contributed by atoms with Crippen LogP contribution in [0, 0.1) is 11.7 Å². The van der Waals surface area contributed by atoms with Crippen LogP contribution in [-0.4, -0.2) is 13.0 Å². The molecule has 0 radical (unpaired) electrons. The van der Waals surface area contributed by atoms with Crippen molar-refractivity contribution in [3.05, 3.63) is 63.9 Å². The van der Waals surface area contributed by atoms with Gasteiger partial charge >= 0.3 is 0 Å². The highest BCUT2D eigenvalue weighted by atomic mass is 79.9. The molecule has 0 saturated carbocycles. The van der Waals surface area contributed by atoms with Gasteiger partial charge < -0.3 is 10.1 Å². The smallest absolute Gasteiger partial charge is 0.254 e. The summed E-state index contributed by atoms with van der Waals surface area (Å²) in [5.74, 6) is -0.0653. The topological polar surface area (TPSA) is 38.3 Å². The lowest BCUT2D eigenvalue weighted by molar-refractivity contribution is 0.0921. The summed E-state index contributed by atoms with van der Waals surface area (Å²) >= 11 is 3.26. The van der Waals surface area contributed by atoms with Crippen LogP contribution in [0.15, 0.2) is 46.9 Å². The van der Waals surface area contributed by atoms with Gasteiger partial charge in [0.1, 0.15) is 11.6 Å². The fourth-order valence-corrected chi connectivity index (χ4v) is 2.70. The van der Waals surface area contributed by atoms with E-state index >= 15 is 0 Å². The van der Waals surface area contributed by atoms with Gasteiger partial charge in [0.05, 0.1) is 18.7 Å². The van der Waals surface area contributed by atoms with E-state index in [0.29, 0.717) is 4.47 Å². The van der Waals surface area contributed by atoms with Gasteiger partial charge in [-0.2, -0.15) is 0 Å². The highest BCUT2D eigenvalue weighted by Gasteiger charge is 2.21. The van der Waals surface area contributed by atoms with Crippen LogP contribution >= 0.6 is 15.9 Å². The maximum absolute atomic E-state index is 13.9. The molecule has 2 rings (SSSR count). The zero-order chi connectivity index (χ0) is 17.0. The minimum atomic E-state index is -0.539. The van der Waals surface area contributed by atoms with Gasteiger partial charge in [0.25, 0.3) is 5.91 Å². The Morgan fingerprint density at radius 2 is 1.83 bits per heavy atom. The van der Waals surface area contributed by atoms with Crippen molar-refractivity contribution in [2.24, 2.45) is 5.92 Å². The summed E-state index contributed by atoms with van der Waals surface area (Å²) in [6.45, 7) is 4.01. The summed E-state index contributed by atoms with van der Waals surface area (Å²) < 4.78 is 19.7. The van der Waals surface area contributed by atoms with Crippen LogP contribution in [0.4, 0.5) is 4.39 Å². The highest BCUT2D eigenvalue weighted by molar-refractivity contribution is 9.10. The number of ether oxygens (including phenoxy) is 1. The molecule has 0 bridgehead atoms. The van der Waals surface area contributed by atoms with Crippen molar-refractivity contribution in [3.8, 4) is 5.75 Å². The Kier molecular flexibility index (Phi) is 5.77. The maximum atomic E-state index is 13.9. The third-order valence-electron chi connectivity index (χ3n) is 3.60. The van der Waals surface area contributed by atoms with Gasteiger partial charge in [-0.05, 0) is 41.8 Å². The van der Waals surface area contributed by atoms with Crippen LogP contribution in [0.1, 0.15) is 35.8 Å². The third-order valence-corrected chi connectivity index (χ3v) is 4.09. The van der Waals surface area contributed by atoms with E-state index in [4.69, 9.17) is 4.74 Å². The first-order valence-electron chi connectivity index (χ1n) is 7.32. The molecule has 2 aromatic carbocycles. The van der Waals surface area contributed by atoms with Gasteiger partial charge in [0.15, 0.2) is 0 Å². The second-order valence-electron chi connectivity index (χ2n) is 5.59. The number of carbonyl (C=O) groups excluding carboxylic acids is 1. The van der Waals surface area contributed by atoms with Gasteiger partial charge in [-0.3, -0.25) is 4.79 Å². The van der Waals surface area contributed by atoms with Gasteiger partial charge in [-0.15, -0.1) is 0 Å². The summed E-state index contributed by atoms with van der Waals surface area (Å²) in [5.41, 5.74) is 0.975. The van der Waals surface area contributed by atoms with Crippen molar-refractivity contribution in [2.75, 3.05) is 7.11 Å². The molecule has 1 N–H and O–H groups in total. The standard InChI is InChI=1S/C18H19BrFNO2/c1-11(2)17(12-4-7-14(23-3)8-5-12)21-18(22)15-10-13(19)6-9-16(15)20/h4-11,17H,1-3H3,(H,21,22). The number of hydrogen-bond donors (Lipinski definition) is 1. The van der Waals surface area contributed by atoms with Crippen molar-refractivity contribution in [1.82, 2.24) is 5.32 Å². The average molecular weight is 380 g/mol. The quantitative estimate of drug-likeness (QED) is 0.815. The van der Waals surface area contributed by atoms with Crippen molar-refractivity contribution in [2.45, 2.75) is 19.9 Å². The van der Waals surface area contributed by atoms with Crippen molar-refractivity contribution in [3.63, 3.8) is 0 Å². The van der Waals surface area contributed by atoms with Crippen molar-refractivity contribution in [1.29, 1.82) is 0 Å². The predicted molar refractivity (Wildman–Crippen MR) is 92.1 cm³/mol. The summed E-state index contributed by atoms with van der Waals surface area (Å²) in [4.78, 5) is 12.4. The molecule has 0 spiro atoms. The molecular weight excluding hydrogens is 361 g/mol. The third kappa shape index (κ3) is 4.32. The molecule has 0 aliphatic rings. The van der Waals surface area contributed by atoms with E-state index in [1.54, 1.807) is 13.2 Å². The monoisotopic (exact) mass is 379 g/mol. The van der Waals surface area contributed by atoms with E-state index in [9.17, 15) is 9.18 Å². The molecule has 0 fully saturated rings. The van der Waals surface area contributed by atoms with E-state index in [1.165, 1.54) is 12.1 Å². The molecule has 0 aliphatic carbocycles. The lowest BCUT2D eigenvalue weighted by atomic mass is 9.95. The van der Waals surface area contributed by atoms with E-state index in [-0.39, 0.29) is 17.5 Å². The first-order chi connectivity index (χ1) is 10.9. The molecule has 1 amide bonds. The molecule has 2 aromatic rings. The molecule has 1 atom stereocenters. The first-order valence-corrected chi connectivity index (χ1v) is 8.11. The SMILES string of the molecule is COc1ccc(C(NC(=O)c2cc(Br)ccc2F)C(C)C)cc1. The van der Waals surface area contributed by atoms with Crippen LogP contribution in [0.2, 0.25) is 0 Å². The predicted octanol–water partition coefficient (Wildman–Crippen LogP) is 4.72. The van der Waals surface area contributed by atoms with Gasteiger partial charge in [-0.25, -0.2) is 4.39 Å². The molecule has 23 heavy (non-hydrogen) atoms. The Morgan fingerprint density at radius 3 is 2.39 bits per heavy atom. The molecule has 0 aromatic heterocycles. The zero-order valence-corrected chi connectivity index (χ0v) is 14.9. The van der Waals surface area contributed by atoms with E-state index in [2.05, 4.69) is 21.2 Å². The Bertz CT molecular complexity index is 686. The fraction of sp³-hybridized carbons (Fsp3) is 0.278. The Balaban J connectivity index is 2.24. The molecule has 0 heterocycles. The maximum Gasteiger partial charge on any atom is 0.254 e. The number of hydrogen-bond acceptors (Lipinski definition) is 2. The summed E-state index contributed by atoms with van der Waals surface area (Å²) in [7, 11) is 1.60. The highest BCUT2D eigenvalue weighted by Crippen LogP contribution is 2.25. The van der Waals surface area contributed by atoms with E-state index in [0.717, 1.165) is 11.3 Å². The molecule has 5 heteroatoms. The number of halogens is 2. The minimum absolute atomic E-state index is 0.0264. The normalized spacial score (nSPS) is 12.1. The molecule has 0 aliphatic heterocycles. The lowest BCUT2D eigenvalue weighted by Crippen LogP contribution is -2.32. The largest absolute Gasteiger partial charge is 0.497 e. The van der Waals surface area contributed by atoms with E-state index in [1.807, 2.05) is 38.1 Å². The molecule has 3 nitrogen and oxygen atoms in total. The number of nitrogens with one attached hydrogen (secondary N) is 1. The second-order valence-corrected chi connectivity index (χ2v) is 6.51. The number of rotatable bonds is 5. The fourth-order valence-electron chi connectivity index (χ4n) is 2.34. The van der Waals surface area contributed by atoms with Crippen LogP contribution in [0.3, 0.4) is 0 Å². The summed E-state index contributed by atoms with van der Waals surface area (Å²) in [5, 5.41) is 2.91. The average Bonchev–Trinajstić information content (AvgIpc) is 2.54. The van der Waals surface area contributed by atoms with Crippen LogP contribution in [0.25, 0.3) is 0 Å². The Labute approximate surface area is 144 Å². The van der Waals surface area contributed by atoms with Crippen LogP contribution < -0.4 is 10.1 Å². The van der Waals surface area contributed by atoms with Gasteiger partial charge in [0, 0.05) is 4.47 Å². The number of benzene rings is 2. The van der Waals surface area contributed by atoms with Crippen LogP contribution in [0.5, 0.6) is 5.75 Å². The zero-order valence-electron chi connectivity index (χ0n) is 13.3. The molecular formula is C18H19BrFNO2. The van der Waals surface area contributed by atoms with Crippen molar-refractivity contribution >= 4 is 21.8 Å². The van der Waals surface area contributed by atoms with Crippen molar-refractivity contribution < 1.29 is 13.9 Å². The Hall–Kier alpha value is -1.88. The van der Waals surface area contributed by atoms with Gasteiger partial charge in [0.2, 0.25) is 0 Å². The second kappa shape index (κ2) is 7.59. The molecule has 0 saturated heterocycles. The van der Waals surface area contributed by atoms with Crippen LogP contribution in [-0.2, 0) is 0 Å². The lowest BCUT2D eigenvalue weighted by Gasteiger charge is -2.23. The molecule has 122 valence electrons. The first kappa shape index (κ1) is 17.5.